The maximum absolute atomic E-state index is 13.3. The van der Waals surface area contributed by atoms with Gasteiger partial charge in [0, 0.05) is 24.0 Å². The molecule has 0 saturated heterocycles. The van der Waals surface area contributed by atoms with E-state index < -0.39 is 11.8 Å². The predicted molar refractivity (Wildman–Crippen MR) is 75.9 cm³/mol. The van der Waals surface area contributed by atoms with Crippen LogP contribution in [0, 0.1) is 5.82 Å². The Labute approximate surface area is 119 Å². The molecule has 0 saturated carbocycles. The third-order valence-corrected chi connectivity index (χ3v) is 3.19. The summed E-state index contributed by atoms with van der Waals surface area (Å²) >= 11 is 0. The number of aromatic carboxylic acids is 1. The Balaban J connectivity index is 1.82. The number of hydrogen-bond donors (Lipinski definition) is 2. The molecule has 3 aromatic rings. The van der Waals surface area contributed by atoms with E-state index in [0.717, 1.165) is 17.1 Å². The summed E-state index contributed by atoms with van der Waals surface area (Å²) in [5, 5.41) is 16.2. The fourth-order valence-corrected chi connectivity index (χ4v) is 2.12. The Bertz CT molecular complexity index is 814. The molecular formula is C15H12FN3O2. The van der Waals surface area contributed by atoms with Crippen molar-refractivity contribution < 1.29 is 14.3 Å². The fourth-order valence-electron chi connectivity index (χ4n) is 2.12. The number of halogens is 1. The van der Waals surface area contributed by atoms with Gasteiger partial charge >= 0.3 is 5.97 Å². The Morgan fingerprint density at radius 3 is 3.00 bits per heavy atom. The van der Waals surface area contributed by atoms with Crippen molar-refractivity contribution in [1.82, 2.24) is 9.61 Å². The highest BCUT2D eigenvalue weighted by molar-refractivity contribution is 5.89. The van der Waals surface area contributed by atoms with Crippen LogP contribution in [0.1, 0.15) is 15.9 Å². The first kappa shape index (κ1) is 13.1. The van der Waals surface area contributed by atoms with Gasteiger partial charge in [0.2, 0.25) is 0 Å². The largest absolute Gasteiger partial charge is 0.478 e. The number of carboxylic acid groups (broad SMARTS) is 1. The van der Waals surface area contributed by atoms with Crippen molar-refractivity contribution in [2.75, 3.05) is 5.32 Å². The zero-order chi connectivity index (χ0) is 14.8. The molecule has 0 bridgehead atoms. The molecule has 0 unspecified atom stereocenters. The zero-order valence-corrected chi connectivity index (χ0v) is 11.0. The van der Waals surface area contributed by atoms with Crippen LogP contribution in [0.3, 0.4) is 0 Å². The minimum atomic E-state index is -1.29. The highest BCUT2D eigenvalue weighted by Crippen LogP contribution is 2.17. The predicted octanol–water partition coefficient (Wildman–Crippen LogP) is 2.78. The molecule has 5 nitrogen and oxygen atoms in total. The monoisotopic (exact) mass is 285 g/mol. The van der Waals surface area contributed by atoms with E-state index in [2.05, 4.69) is 10.4 Å². The van der Waals surface area contributed by atoms with Gasteiger partial charge in [0.15, 0.2) is 0 Å². The van der Waals surface area contributed by atoms with Crippen molar-refractivity contribution in [3.63, 3.8) is 0 Å². The van der Waals surface area contributed by atoms with E-state index in [1.165, 1.54) is 12.1 Å². The lowest BCUT2D eigenvalue weighted by Crippen LogP contribution is -2.04. The summed E-state index contributed by atoms with van der Waals surface area (Å²) < 4.78 is 15.1. The van der Waals surface area contributed by atoms with Crippen LogP contribution in [0.2, 0.25) is 0 Å². The summed E-state index contributed by atoms with van der Waals surface area (Å²) in [7, 11) is 0. The molecule has 0 fully saturated rings. The Kier molecular flexibility index (Phi) is 3.27. The second-order valence-corrected chi connectivity index (χ2v) is 4.55. The molecule has 0 spiro atoms. The minimum Gasteiger partial charge on any atom is -0.478 e. The molecule has 0 atom stereocenters. The number of aromatic nitrogens is 2. The van der Waals surface area contributed by atoms with E-state index in [1.807, 2.05) is 24.4 Å². The van der Waals surface area contributed by atoms with E-state index in [1.54, 1.807) is 10.7 Å². The summed E-state index contributed by atoms with van der Waals surface area (Å²) in [6, 6.07) is 9.67. The quantitative estimate of drug-likeness (QED) is 0.773. The highest BCUT2D eigenvalue weighted by atomic mass is 19.1. The van der Waals surface area contributed by atoms with E-state index in [0.29, 0.717) is 12.2 Å². The SMILES string of the molecule is O=C(O)c1cc(NCc2cnn3ccccc23)ccc1F. The number of hydrogen-bond acceptors (Lipinski definition) is 3. The van der Waals surface area contributed by atoms with E-state index in [-0.39, 0.29) is 5.56 Å². The molecule has 2 N–H and O–H groups in total. The number of carbonyl (C=O) groups is 1. The number of anilines is 1. The van der Waals surface area contributed by atoms with Crippen LogP contribution in [0.15, 0.2) is 48.8 Å². The molecule has 0 radical (unpaired) electrons. The van der Waals surface area contributed by atoms with Gasteiger partial charge in [-0.25, -0.2) is 13.7 Å². The van der Waals surface area contributed by atoms with Crippen molar-refractivity contribution in [3.8, 4) is 0 Å². The van der Waals surface area contributed by atoms with Crippen molar-refractivity contribution in [2.24, 2.45) is 0 Å². The van der Waals surface area contributed by atoms with Crippen molar-refractivity contribution in [1.29, 1.82) is 0 Å². The van der Waals surface area contributed by atoms with Crippen LogP contribution < -0.4 is 5.32 Å². The van der Waals surface area contributed by atoms with Crippen LogP contribution >= 0.6 is 0 Å². The van der Waals surface area contributed by atoms with E-state index in [9.17, 15) is 9.18 Å². The number of carboxylic acids is 1. The maximum Gasteiger partial charge on any atom is 0.338 e. The molecule has 106 valence electrons. The summed E-state index contributed by atoms with van der Waals surface area (Å²) in [5.74, 6) is -2.03. The Hall–Kier alpha value is -2.89. The summed E-state index contributed by atoms with van der Waals surface area (Å²) in [4.78, 5) is 10.9. The molecule has 3 rings (SSSR count). The van der Waals surface area contributed by atoms with Crippen LogP contribution in [-0.4, -0.2) is 20.7 Å². The van der Waals surface area contributed by atoms with Gasteiger partial charge < -0.3 is 10.4 Å². The number of rotatable bonds is 4. The van der Waals surface area contributed by atoms with Gasteiger partial charge in [0.05, 0.1) is 17.3 Å². The average molecular weight is 285 g/mol. The molecule has 1 aromatic carbocycles. The third-order valence-electron chi connectivity index (χ3n) is 3.19. The number of nitrogens with zero attached hydrogens (tertiary/aromatic N) is 2. The first-order valence-electron chi connectivity index (χ1n) is 6.33. The maximum atomic E-state index is 13.3. The summed E-state index contributed by atoms with van der Waals surface area (Å²) in [6.45, 7) is 0.470. The number of nitrogens with one attached hydrogen (secondary N) is 1. The van der Waals surface area contributed by atoms with Crippen LogP contribution in [-0.2, 0) is 6.54 Å². The van der Waals surface area contributed by atoms with Gasteiger partial charge in [0.25, 0.3) is 0 Å². The van der Waals surface area contributed by atoms with E-state index in [4.69, 9.17) is 5.11 Å². The van der Waals surface area contributed by atoms with Gasteiger partial charge in [0.1, 0.15) is 5.82 Å². The Morgan fingerprint density at radius 2 is 2.19 bits per heavy atom. The first-order chi connectivity index (χ1) is 10.1. The Morgan fingerprint density at radius 1 is 1.33 bits per heavy atom. The number of benzene rings is 1. The molecular weight excluding hydrogens is 273 g/mol. The summed E-state index contributed by atoms with van der Waals surface area (Å²) in [6.07, 6.45) is 3.59. The van der Waals surface area contributed by atoms with Crippen molar-refractivity contribution >= 4 is 17.2 Å². The zero-order valence-electron chi connectivity index (χ0n) is 11.0. The second-order valence-electron chi connectivity index (χ2n) is 4.55. The highest BCUT2D eigenvalue weighted by Gasteiger charge is 2.11. The molecule has 6 heteroatoms. The molecule has 0 aliphatic heterocycles. The van der Waals surface area contributed by atoms with Crippen molar-refractivity contribution in [3.05, 3.63) is 65.7 Å². The second kappa shape index (κ2) is 5.24. The van der Waals surface area contributed by atoms with Gasteiger partial charge in [-0.2, -0.15) is 5.10 Å². The molecule has 2 aromatic heterocycles. The molecule has 0 aliphatic rings. The van der Waals surface area contributed by atoms with Gasteiger partial charge in [-0.05, 0) is 30.3 Å². The molecule has 0 amide bonds. The van der Waals surface area contributed by atoms with E-state index >= 15 is 0 Å². The summed E-state index contributed by atoms with van der Waals surface area (Å²) in [5.41, 5.74) is 2.13. The van der Waals surface area contributed by atoms with Crippen LogP contribution in [0.4, 0.5) is 10.1 Å². The smallest absolute Gasteiger partial charge is 0.338 e. The number of pyridine rings is 1. The average Bonchev–Trinajstić information content (AvgIpc) is 2.89. The van der Waals surface area contributed by atoms with Crippen molar-refractivity contribution in [2.45, 2.75) is 6.54 Å². The lowest BCUT2D eigenvalue weighted by atomic mass is 10.2. The topological polar surface area (TPSA) is 66.6 Å². The molecule has 21 heavy (non-hydrogen) atoms. The minimum absolute atomic E-state index is 0.347. The van der Waals surface area contributed by atoms with Crippen LogP contribution in [0.5, 0.6) is 0 Å². The lowest BCUT2D eigenvalue weighted by Gasteiger charge is -2.07. The van der Waals surface area contributed by atoms with Gasteiger partial charge in [-0.1, -0.05) is 6.07 Å². The molecule has 2 heterocycles. The third kappa shape index (κ3) is 2.55. The van der Waals surface area contributed by atoms with Crippen LogP contribution in [0.25, 0.3) is 5.52 Å². The number of fused-ring (bicyclic) bond motifs is 1. The lowest BCUT2D eigenvalue weighted by molar-refractivity contribution is 0.0692. The normalized spacial score (nSPS) is 10.7. The standard InChI is InChI=1S/C15H12FN3O2/c16-13-5-4-11(7-12(13)15(20)21)17-8-10-9-18-19-6-2-1-3-14(10)19/h1-7,9,17H,8H2,(H,20,21). The van der Waals surface area contributed by atoms with Gasteiger partial charge in [-0.15, -0.1) is 0 Å². The first-order valence-corrected chi connectivity index (χ1v) is 6.33. The molecule has 0 aliphatic carbocycles. The fraction of sp³-hybridized carbons (Fsp3) is 0.0667. The van der Waals surface area contributed by atoms with Gasteiger partial charge in [-0.3, -0.25) is 0 Å².